The lowest BCUT2D eigenvalue weighted by Gasteiger charge is -2.08. The number of amides is 3. The van der Waals surface area contributed by atoms with E-state index in [1.807, 2.05) is 0 Å². The van der Waals surface area contributed by atoms with Crippen LogP contribution in [0.25, 0.3) is 0 Å². The van der Waals surface area contributed by atoms with Crippen LogP contribution in [0.15, 0.2) is 0 Å². The number of nitrogens with zero attached hydrogens (tertiary/aromatic N) is 1. The van der Waals surface area contributed by atoms with Crippen molar-refractivity contribution in [1.29, 1.82) is 0 Å². The average Bonchev–Trinajstić information content (AvgIpc) is 2.34. The minimum absolute atomic E-state index is 0.185. The van der Waals surface area contributed by atoms with Crippen LogP contribution in [0.3, 0.4) is 0 Å². The molecule has 5 heteroatoms. The van der Waals surface area contributed by atoms with Crippen LogP contribution >= 0.6 is 15.9 Å². The lowest BCUT2D eigenvalue weighted by Crippen LogP contribution is -2.34. The largest absolute Gasteiger partial charge is 0.336 e. The van der Waals surface area contributed by atoms with Crippen molar-refractivity contribution < 1.29 is 9.59 Å². The third kappa shape index (κ3) is 1.29. The van der Waals surface area contributed by atoms with Gasteiger partial charge in [0.2, 0.25) is 5.91 Å². The Morgan fingerprint density at radius 3 is 2.90 bits per heavy atom. The molecule has 0 bridgehead atoms. The van der Waals surface area contributed by atoms with Crippen LogP contribution in [0.2, 0.25) is 0 Å². The van der Waals surface area contributed by atoms with Crippen molar-refractivity contribution in [3.05, 3.63) is 0 Å². The zero-order chi connectivity index (χ0) is 7.56. The SMILES string of the molecule is O=C(CBr)N1CCNC1=O. The van der Waals surface area contributed by atoms with E-state index in [1.165, 1.54) is 4.90 Å². The summed E-state index contributed by atoms with van der Waals surface area (Å²) < 4.78 is 0. The van der Waals surface area contributed by atoms with Gasteiger partial charge in [-0.1, -0.05) is 15.9 Å². The zero-order valence-corrected chi connectivity index (χ0v) is 6.85. The summed E-state index contributed by atoms with van der Waals surface area (Å²) in [6.07, 6.45) is 0. The van der Waals surface area contributed by atoms with Gasteiger partial charge in [-0.05, 0) is 0 Å². The van der Waals surface area contributed by atoms with Crippen LogP contribution in [0, 0.1) is 0 Å². The van der Waals surface area contributed by atoms with E-state index >= 15 is 0 Å². The molecule has 1 N–H and O–H groups in total. The van der Waals surface area contributed by atoms with Gasteiger partial charge in [-0.2, -0.15) is 0 Å². The maximum Gasteiger partial charge on any atom is 0.324 e. The molecule has 0 aromatic heterocycles. The molecule has 10 heavy (non-hydrogen) atoms. The quantitative estimate of drug-likeness (QED) is 0.612. The fraction of sp³-hybridized carbons (Fsp3) is 0.600. The molecule has 0 unspecified atom stereocenters. The normalized spacial score (nSPS) is 17.3. The number of halogens is 1. The highest BCUT2D eigenvalue weighted by atomic mass is 79.9. The predicted molar refractivity (Wildman–Crippen MR) is 38.9 cm³/mol. The number of alkyl halides is 1. The highest BCUT2D eigenvalue weighted by Gasteiger charge is 2.24. The molecule has 0 saturated carbocycles. The summed E-state index contributed by atoms with van der Waals surface area (Å²) in [4.78, 5) is 22.8. The third-order valence-electron chi connectivity index (χ3n) is 1.27. The Hall–Kier alpha value is -0.580. The molecule has 1 aliphatic rings. The van der Waals surface area contributed by atoms with E-state index < -0.39 is 0 Å². The first kappa shape index (κ1) is 7.53. The van der Waals surface area contributed by atoms with E-state index in [0.717, 1.165) is 0 Å². The van der Waals surface area contributed by atoms with Crippen molar-refractivity contribution in [2.24, 2.45) is 0 Å². The van der Waals surface area contributed by atoms with Crippen LogP contribution in [0.1, 0.15) is 0 Å². The van der Waals surface area contributed by atoms with Gasteiger partial charge < -0.3 is 5.32 Å². The van der Waals surface area contributed by atoms with Gasteiger partial charge in [0.15, 0.2) is 0 Å². The Morgan fingerprint density at radius 2 is 2.50 bits per heavy atom. The topological polar surface area (TPSA) is 49.4 Å². The van der Waals surface area contributed by atoms with E-state index in [1.54, 1.807) is 0 Å². The summed E-state index contributed by atoms with van der Waals surface area (Å²) >= 11 is 2.98. The molecule has 56 valence electrons. The first-order chi connectivity index (χ1) is 4.75. The number of nitrogens with one attached hydrogen (secondary N) is 1. The van der Waals surface area contributed by atoms with Crippen LogP contribution in [-0.4, -0.2) is 35.3 Å². The number of hydrogen-bond acceptors (Lipinski definition) is 2. The Kier molecular flexibility index (Phi) is 2.26. The van der Waals surface area contributed by atoms with Crippen molar-refractivity contribution in [3.8, 4) is 0 Å². The Labute approximate surface area is 66.7 Å². The van der Waals surface area contributed by atoms with Gasteiger partial charge in [0.25, 0.3) is 0 Å². The highest BCUT2D eigenvalue weighted by molar-refractivity contribution is 9.09. The van der Waals surface area contributed by atoms with Crippen molar-refractivity contribution in [3.63, 3.8) is 0 Å². The highest BCUT2D eigenvalue weighted by Crippen LogP contribution is 1.98. The molecule has 0 spiro atoms. The Balaban J connectivity index is 2.55. The fourth-order valence-corrected chi connectivity index (χ4v) is 1.08. The summed E-state index contributed by atoms with van der Waals surface area (Å²) in [5.74, 6) is -0.185. The maximum atomic E-state index is 10.8. The molecular weight excluding hydrogens is 200 g/mol. The van der Waals surface area contributed by atoms with Crippen LogP contribution in [0.5, 0.6) is 0 Å². The summed E-state index contributed by atoms with van der Waals surface area (Å²) in [6.45, 7) is 1.06. The molecule has 0 aromatic rings. The number of imide groups is 1. The molecule has 0 aliphatic carbocycles. The summed E-state index contributed by atoms with van der Waals surface area (Å²) in [6, 6.07) is -0.288. The lowest BCUT2D eigenvalue weighted by atomic mass is 10.5. The molecule has 1 rings (SSSR count). The molecular formula is C5H7BrN2O2. The molecule has 1 saturated heterocycles. The number of urea groups is 1. The molecule has 0 radical (unpaired) electrons. The fourth-order valence-electron chi connectivity index (χ4n) is 0.782. The average molecular weight is 207 g/mol. The molecule has 1 aliphatic heterocycles. The smallest absolute Gasteiger partial charge is 0.324 e. The first-order valence-corrected chi connectivity index (χ1v) is 4.02. The summed E-state index contributed by atoms with van der Waals surface area (Å²) in [7, 11) is 0. The van der Waals surface area contributed by atoms with Gasteiger partial charge in [0.1, 0.15) is 0 Å². The summed E-state index contributed by atoms with van der Waals surface area (Å²) in [5.41, 5.74) is 0. The van der Waals surface area contributed by atoms with Gasteiger partial charge in [-0.15, -0.1) is 0 Å². The van der Waals surface area contributed by atoms with Crippen molar-refractivity contribution in [2.45, 2.75) is 0 Å². The molecule has 3 amide bonds. The number of carbonyl (C=O) groups excluding carboxylic acids is 2. The third-order valence-corrected chi connectivity index (χ3v) is 1.75. The molecule has 0 aromatic carbocycles. The molecule has 4 nitrogen and oxygen atoms in total. The van der Waals surface area contributed by atoms with Gasteiger partial charge in [0, 0.05) is 13.1 Å². The molecule has 1 fully saturated rings. The molecule has 0 atom stereocenters. The van der Waals surface area contributed by atoms with E-state index in [9.17, 15) is 9.59 Å². The number of rotatable bonds is 1. The lowest BCUT2D eigenvalue weighted by molar-refractivity contribution is -0.124. The second kappa shape index (κ2) is 3.01. The van der Waals surface area contributed by atoms with E-state index in [2.05, 4.69) is 21.2 Å². The van der Waals surface area contributed by atoms with Crippen LogP contribution in [-0.2, 0) is 4.79 Å². The minimum Gasteiger partial charge on any atom is -0.336 e. The first-order valence-electron chi connectivity index (χ1n) is 2.90. The standard InChI is InChI=1S/C5H7BrN2O2/c6-3-4(9)8-2-1-7-5(8)10/h1-3H2,(H,7,10). The number of hydrogen-bond donors (Lipinski definition) is 1. The Morgan fingerprint density at radius 1 is 1.80 bits per heavy atom. The monoisotopic (exact) mass is 206 g/mol. The second-order valence-electron chi connectivity index (χ2n) is 1.91. The van der Waals surface area contributed by atoms with Crippen molar-refractivity contribution >= 4 is 27.9 Å². The van der Waals surface area contributed by atoms with Crippen LogP contribution < -0.4 is 5.32 Å². The van der Waals surface area contributed by atoms with Gasteiger partial charge in [-0.25, -0.2) is 4.79 Å². The molecule has 1 heterocycles. The van der Waals surface area contributed by atoms with E-state index in [4.69, 9.17) is 0 Å². The van der Waals surface area contributed by atoms with Crippen LogP contribution in [0.4, 0.5) is 4.79 Å². The van der Waals surface area contributed by atoms with Gasteiger partial charge in [-0.3, -0.25) is 9.69 Å². The number of carbonyl (C=O) groups is 2. The Bertz CT molecular complexity index is 171. The predicted octanol–water partition coefficient (Wildman–Crippen LogP) is -0.0669. The van der Waals surface area contributed by atoms with Gasteiger partial charge >= 0.3 is 6.03 Å². The van der Waals surface area contributed by atoms with Gasteiger partial charge in [0.05, 0.1) is 5.33 Å². The summed E-state index contributed by atoms with van der Waals surface area (Å²) in [5, 5.41) is 2.74. The maximum absolute atomic E-state index is 10.8. The van der Waals surface area contributed by atoms with Crippen molar-refractivity contribution in [2.75, 3.05) is 18.4 Å². The minimum atomic E-state index is -0.288. The zero-order valence-electron chi connectivity index (χ0n) is 5.26. The van der Waals surface area contributed by atoms with Crippen molar-refractivity contribution in [1.82, 2.24) is 10.2 Å². The van der Waals surface area contributed by atoms with E-state index in [-0.39, 0.29) is 17.3 Å². The second-order valence-corrected chi connectivity index (χ2v) is 2.47. The van der Waals surface area contributed by atoms with E-state index in [0.29, 0.717) is 13.1 Å².